The molecule has 0 saturated carbocycles. The molecule has 10 heteroatoms. The molecule has 0 aromatic carbocycles. The molecule has 5 heterocycles. The number of nitrogens with zero attached hydrogens (tertiary/aromatic N) is 7. The molecule has 0 atom stereocenters. The van der Waals surface area contributed by atoms with E-state index in [1.54, 1.807) is 0 Å². The van der Waals surface area contributed by atoms with E-state index in [-0.39, 0.29) is 11.4 Å². The predicted octanol–water partition coefficient (Wildman–Crippen LogP) is 0.912. The molecule has 168 valence electrons. The first-order valence-electron chi connectivity index (χ1n) is 11.2. The second kappa shape index (κ2) is 8.70. The van der Waals surface area contributed by atoms with Crippen LogP contribution in [0.4, 0.5) is 11.6 Å². The molecule has 0 spiro atoms. The molecule has 3 aliphatic heterocycles. The van der Waals surface area contributed by atoms with Crippen LogP contribution in [0, 0.1) is 0 Å². The molecule has 2 aromatic heterocycles. The average molecular weight is 436 g/mol. The van der Waals surface area contributed by atoms with Gasteiger partial charge in [0.1, 0.15) is 29.4 Å². The Morgan fingerprint density at radius 2 is 1.94 bits per heavy atom. The lowest BCUT2D eigenvalue weighted by atomic mass is 9.95. The van der Waals surface area contributed by atoms with Crippen molar-refractivity contribution >= 4 is 29.3 Å². The predicted molar refractivity (Wildman–Crippen MR) is 124 cm³/mol. The van der Waals surface area contributed by atoms with Crippen LogP contribution in [0.1, 0.15) is 47.1 Å². The third-order valence-electron chi connectivity index (χ3n) is 6.62. The number of hydrogen-bond donors (Lipinski definition) is 2. The third kappa shape index (κ3) is 3.97. The minimum atomic E-state index is -0.599. The summed E-state index contributed by atoms with van der Waals surface area (Å²) in [5.41, 5.74) is 13.7. The van der Waals surface area contributed by atoms with Crippen molar-refractivity contribution in [3.8, 4) is 0 Å². The summed E-state index contributed by atoms with van der Waals surface area (Å²) in [6.45, 7) is 6.61. The molecule has 10 nitrogen and oxygen atoms in total. The van der Waals surface area contributed by atoms with Gasteiger partial charge in [0.25, 0.3) is 5.91 Å². The van der Waals surface area contributed by atoms with Crippen molar-refractivity contribution in [3.05, 3.63) is 35.7 Å². The maximum absolute atomic E-state index is 11.9. The second-order valence-electron chi connectivity index (χ2n) is 8.61. The van der Waals surface area contributed by atoms with E-state index in [2.05, 4.69) is 41.6 Å². The normalized spacial score (nSPS) is 19.2. The number of nitrogens with two attached hydrogens (primary N) is 2. The van der Waals surface area contributed by atoms with E-state index < -0.39 is 5.91 Å². The molecule has 32 heavy (non-hydrogen) atoms. The number of carbonyl (C=O) groups is 1. The van der Waals surface area contributed by atoms with E-state index >= 15 is 0 Å². The lowest BCUT2D eigenvalue weighted by Crippen LogP contribution is -2.39. The van der Waals surface area contributed by atoms with Gasteiger partial charge in [0.2, 0.25) is 0 Å². The molecule has 0 radical (unpaired) electrons. The lowest BCUT2D eigenvalue weighted by molar-refractivity contribution is 0.100. The number of imidazole rings is 1. The van der Waals surface area contributed by atoms with Crippen LogP contribution in [0.15, 0.2) is 23.6 Å². The number of carbonyl (C=O) groups excluding carboxylic acids is 1. The zero-order valence-corrected chi connectivity index (χ0v) is 18.2. The highest BCUT2D eigenvalue weighted by atomic mass is 16.1. The van der Waals surface area contributed by atoms with Gasteiger partial charge in [0.05, 0.1) is 12.2 Å². The highest BCUT2D eigenvalue weighted by Crippen LogP contribution is 2.32. The first kappa shape index (κ1) is 20.6. The fourth-order valence-electron chi connectivity index (χ4n) is 4.67. The molecule has 0 bridgehead atoms. The van der Waals surface area contributed by atoms with Crippen molar-refractivity contribution in [2.45, 2.75) is 31.7 Å². The quantitative estimate of drug-likeness (QED) is 0.661. The van der Waals surface area contributed by atoms with Gasteiger partial charge in [-0.1, -0.05) is 6.08 Å². The summed E-state index contributed by atoms with van der Waals surface area (Å²) in [5, 5.41) is 0. The van der Waals surface area contributed by atoms with Gasteiger partial charge in [-0.15, -0.1) is 0 Å². The highest BCUT2D eigenvalue weighted by molar-refractivity contribution is 6.10. The van der Waals surface area contributed by atoms with Gasteiger partial charge < -0.3 is 25.8 Å². The van der Waals surface area contributed by atoms with Crippen LogP contribution in [-0.4, -0.2) is 75.8 Å². The van der Waals surface area contributed by atoms with Crippen molar-refractivity contribution in [2.75, 3.05) is 49.9 Å². The van der Waals surface area contributed by atoms with E-state index in [9.17, 15) is 4.79 Å². The molecule has 4 N–H and O–H groups in total. The van der Waals surface area contributed by atoms with E-state index in [0.717, 1.165) is 62.7 Å². The van der Waals surface area contributed by atoms with Crippen LogP contribution in [0.5, 0.6) is 0 Å². The summed E-state index contributed by atoms with van der Waals surface area (Å²) in [5.74, 6) is 1.53. The van der Waals surface area contributed by atoms with Crippen LogP contribution < -0.4 is 16.4 Å². The van der Waals surface area contributed by atoms with Crippen LogP contribution in [-0.2, 0) is 6.54 Å². The molecule has 5 rings (SSSR count). The number of nitrogen functional groups attached to an aromatic ring is 1. The Morgan fingerprint density at radius 1 is 1.12 bits per heavy atom. The number of hydrogen-bond acceptors (Lipinski definition) is 8. The number of primary amides is 1. The van der Waals surface area contributed by atoms with E-state index in [4.69, 9.17) is 16.5 Å². The molecule has 2 fully saturated rings. The van der Waals surface area contributed by atoms with E-state index in [1.165, 1.54) is 25.8 Å². The number of likely N-dealkylation sites (tertiary alicyclic amines) is 1. The highest BCUT2D eigenvalue weighted by Gasteiger charge is 2.29. The van der Waals surface area contributed by atoms with Crippen LogP contribution in [0.3, 0.4) is 0 Å². The smallest absolute Gasteiger partial charge is 0.256 e. The van der Waals surface area contributed by atoms with Gasteiger partial charge in [0.15, 0.2) is 0 Å². The Kier molecular flexibility index (Phi) is 5.60. The van der Waals surface area contributed by atoms with Gasteiger partial charge in [-0.25, -0.2) is 15.0 Å². The molecule has 0 unspecified atom stereocenters. The average Bonchev–Trinajstić information content (AvgIpc) is 3.42. The fourth-order valence-corrected chi connectivity index (χ4v) is 4.67. The zero-order chi connectivity index (χ0) is 22.1. The summed E-state index contributed by atoms with van der Waals surface area (Å²) in [6.07, 6.45) is 10.7. The van der Waals surface area contributed by atoms with Crippen molar-refractivity contribution in [1.29, 1.82) is 0 Å². The summed E-state index contributed by atoms with van der Waals surface area (Å²) >= 11 is 0. The Labute approximate surface area is 187 Å². The SMILES string of the molecule is NC(=O)c1c(N)ncnc1N1CCC(c2nc(C3=CCN=C3)cn2CCN2CCC2)CC1. The number of anilines is 2. The summed E-state index contributed by atoms with van der Waals surface area (Å²) in [4.78, 5) is 34.1. The number of piperidine rings is 1. The number of rotatable bonds is 7. The van der Waals surface area contributed by atoms with Crippen molar-refractivity contribution in [1.82, 2.24) is 24.4 Å². The first-order valence-corrected chi connectivity index (χ1v) is 11.2. The second-order valence-corrected chi connectivity index (χ2v) is 8.61. The molecule has 1 amide bonds. The number of aliphatic imine (C=N–C) groups is 1. The van der Waals surface area contributed by atoms with Crippen LogP contribution in [0.25, 0.3) is 5.57 Å². The maximum Gasteiger partial charge on any atom is 0.256 e. The minimum absolute atomic E-state index is 0.127. The maximum atomic E-state index is 11.9. The number of aromatic nitrogens is 4. The van der Waals surface area contributed by atoms with Gasteiger partial charge in [-0.05, 0) is 32.4 Å². The van der Waals surface area contributed by atoms with Crippen molar-refractivity contribution in [3.63, 3.8) is 0 Å². The van der Waals surface area contributed by atoms with Gasteiger partial charge in [-0.2, -0.15) is 0 Å². The monoisotopic (exact) mass is 435 g/mol. The fraction of sp³-hybridized carbons (Fsp3) is 0.500. The number of amides is 1. The molecular weight excluding hydrogens is 406 g/mol. The summed E-state index contributed by atoms with van der Waals surface area (Å²) in [7, 11) is 0. The van der Waals surface area contributed by atoms with E-state index in [0.29, 0.717) is 11.7 Å². The Bertz CT molecular complexity index is 1060. The third-order valence-corrected chi connectivity index (χ3v) is 6.62. The number of allylic oxidation sites excluding steroid dienone is 1. The van der Waals surface area contributed by atoms with Crippen molar-refractivity contribution < 1.29 is 4.79 Å². The van der Waals surface area contributed by atoms with Gasteiger partial charge in [-0.3, -0.25) is 9.79 Å². The Balaban J connectivity index is 1.34. The minimum Gasteiger partial charge on any atom is -0.383 e. The van der Waals surface area contributed by atoms with Crippen molar-refractivity contribution in [2.24, 2.45) is 10.7 Å². The zero-order valence-electron chi connectivity index (χ0n) is 18.2. The Morgan fingerprint density at radius 3 is 2.59 bits per heavy atom. The Hall–Kier alpha value is -3.27. The van der Waals surface area contributed by atoms with Gasteiger partial charge in [0, 0.05) is 50.1 Å². The first-order chi connectivity index (χ1) is 15.6. The molecule has 0 aliphatic carbocycles. The standard InChI is InChI=1S/C22H29N9O/c23-19-18(20(24)32)22(27-14-26-19)30-8-3-15(4-9-30)21-28-17(16-2-5-25-12-16)13-31(21)11-10-29-6-1-7-29/h2,12-15H,1,3-11H2,(H2,24,32)(H2,23,26,27). The summed E-state index contributed by atoms with van der Waals surface area (Å²) in [6, 6.07) is 0. The molecule has 2 saturated heterocycles. The van der Waals surface area contributed by atoms with Crippen LogP contribution >= 0.6 is 0 Å². The molecular formula is C22H29N9O. The van der Waals surface area contributed by atoms with E-state index in [1.807, 2.05) is 6.21 Å². The molecule has 2 aromatic rings. The van der Waals surface area contributed by atoms with Gasteiger partial charge >= 0.3 is 0 Å². The van der Waals surface area contributed by atoms with Crippen LogP contribution in [0.2, 0.25) is 0 Å². The topological polar surface area (TPSA) is 132 Å². The summed E-state index contributed by atoms with van der Waals surface area (Å²) < 4.78 is 2.33. The lowest BCUT2D eigenvalue weighted by Gasteiger charge is -2.34. The largest absolute Gasteiger partial charge is 0.383 e. The molecule has 3 aliphatic rings.